The monoisotopic (exact) mass is 395 g/mol. The Bertz CT molecular complexity index is 1040. The van der Waals surface area contributed by atoms with Crippen molar-refractivity contribution >= 4 is 16.9 Å². The van der Waals surface area contributed by atoms with Crippen molar-refractivity contribution in [2.24, 2.45) is 0 Å². The molecule has 3 aromatic rings. The largest absolute Gasteiger partial charge is 0.753 e. The molecule has 0 bridgehead atoms. The molecule has 0 radical (unpaired) electrons. The van der Waals surface area contributed by atoms with Crippen molar-refractivity contribution in [3.8, 4) is 0 Å². The lowest BCUT2D eigenvalue weighted by Gasteiger charge is -2.37. The van der Waals surface area contributed by atoms with E-state index in [9.17, 15) is 5.21 Å². The summed E-state index contributed by atoms with van der Waals surface area (Å²) >= 11 is 0. The SMILES string of the molecule is CC(C)(C)c1ccc2c(c1)C(=[C+]c1ccccc1)c1cc(C(C)(C)C)ccc1N2[O-]. The second-order valence-corrected chi connectivity index (χ2v) is 10.1. The summed E-state index contributed by atoms with van der Waals surface area (Å²) in [6.07, 6.45) is 3.62. The molecule has 0 saturated heterocycles. The van der Waals surface area contributed by atoms with Crippen molar-refractivity contribution in [3.05, 3.63) is 106 Å². The van der Waals surface area contributed by atoms with Crippen LogP contribution in [0.2, 0.25) is 0 Å². The third-order valence-electron chi connectivity index (χ3n) is 5.74. The van der Waals surface area contributed by atoms with Gasteiger partial charge in [0.15, 0.2) is 0 Å². The molecular weight excluding hydrogens is 366 g/mol. The van der Waals surface area contributed by atoms with Crippen molar-refractivity contribution < 1.29 is 0 Å². The van der Waals surface area contributed by atoms with Gasteiger partial charge < -0.3 is 10.3 Å². The quantitative estimate of drug-likeness (QED) is 0.398. The zero-order valence-corrected chi connectivity index (χ0v) is 18.7. The van der Waals surface area contributed by atoms with Gasteiger partial charge in [0.05, 0.1) is 22.5 Å². The highest BCUT2D eigenvalue weighted by molar-refractivity contribution is 5.98. The molecule has 0 aromatic heterocycles. The maximum Gasteiger partial charge on any atom is 0.141 e. The third kappa shape index (κ3) is 3.65. The first-order chi connectivity index (χ1) is 14.1. The van der Waals surface area contributed by atoms with Crippen LogP contribution >= 0.6 is 0 Å². The predicted octanol–water partition coefficient (Wildman–Crippen LogP) is 7.51. The normalized spacial score (nSPS) is 13.6. The molecule has 3 aromatic carbocycles. The van der Waals surface area contributed by atoms with Crippen LogP contribution in [0.25, 0.3) is 5.57 Å². The van der Waals surface area contributed by atoms with Gasteiger partial charge in [-0.25, -0.2) is 0 Å². The fraction of sp³-hybridized carbons (Fsp3) is 0.286. The Hall–Kier alpha value is -2.93. The second-order valence-electron chi connectivity index (χ2n) is 10.1. The van der Waals surface area contributed by atoms with Crippen molar-refractivity contribution in [1.29, 1.82) is 0 Å². The summed E-state index contributed by atoms with van der Waals surface area (Å²) in [7, 11) is 0. The Labute approximate surface area is 180 Å². The maximum atomic E-state index is 13.3. The second kappa shape index (κ2) is 7.09. The molecule has 0 saturated carbocycles. The van der Waals surface area contributed by atoms with E-state index in [1.54, 1.807) is 0 Å². The molecule has 152 valence electrons. The van der Waals surface area contributed by atoms with Gasteiger partial charge in [-0.2, -0.15) is 0 Å². The van der Waals surface area contributed by atoms with Gasteiger partial charge in [0.1, 0.15) is 11.1 Å². The summed E-state index contributed by atoms with van der Waals surface area (Å²) < 4.78 is 0. The van der Waals surface area contributed by atoms with E-state index < -0.39 is 0 Å². The minimum absolute atomic E-state index is 0.00582. The molecule has 2 nitrogen and oxygen atoms in total. The van der Waals surface area contributed by atoms with Gasteiger partial charge in [0.25, 0.3) is 0 Å². The number of benzene rings is 3. The van der Waals surface area contributed by atoms with E-state index in [4.69, 9.17) is 0 Å². The van der Waals surface area contributed by atoms with Crippen LogP contribution in [0.4, 0.5) is 11.4 Å². The van der Waals surface area contributed by atoms with Crippen LogP contribution in [0, 0.1) is 11.3 Å². The Morgan fingerprint density at radius 3 is 1.57 bits per heavy atom. The lowest BCUT2D eigenvalue weighted by Crippen LogP contribution is -2.20. The minimum atomic E-state index is -0.00582. The molecule has 1 aliphatic heterocycles. The molecule has 4 rings (SSSR count). The zero-order valence-electron chi connectivity index (χ0n) is 18.7. The number of hydrogen-bond donors (Lipinski definition) is 0. The molecular formula is C28H29NO. The number of nitrogens with zero attached hydrogens (tertiary/aromatic N) is 1. The summed E-state index contributed by atoms with van der Waals surface area (Å²) in [4.78, 5) is 0. The van der Waals surface area contributed by atoms with Crippen LogP contribution < -0.4 is 5.06 Å². The first-order valence-corrected chi connectivity index (χ1v) is 10.5. The van der Waals surface area contributed by atoms with Crippen molar-refractivity contribution in [3.63, 3.8) is 0 Å². The molecule has 0 fully saturated rings. The van der Waals surface area contributed by atoms with Gasteiger partial charge in [-0.15, -0.1) is 0 Å². The summed E-state index contributed by atoms with van der Waals surface area (Å²) in [5, 5.41) is 14.4. The fourth-order valence-electron chi connectivity index (χ4n) is 3.84. The molecule has 1 heterocycles. The highest BCUT2D eigenvalue weighted by atomic mass is 16.5. The van der Waals surface area contributed by atoms with E-state index in [1.165, 1.54) is 11.1 Å². The van der Waals surface area contributed by atoms with Crippen molar-refractivity contribution in [1.82, 2.24) is 0 Å². The number of rotatable bonds is 1. The average molecular weight is 396 g/mol. The van der Waals surface area contributed by atoms with Gasteiger partial charge in [0, 0.05) is 18.2 Å². The number of anilines is 2. The van der Waals surface area contributed by atoms with Crippen LogP contribution in [0.3, 0.4) is 0 Å². The Kier molecular flexibility index (Phi) is 4.81. The van der Waals surface area contributed by atoms with Crippen LogP contribution in [-0.4, -0.2) is 0 Å². The zero-order chi connectivity index (χ0) is 21.7. The molecule has 0 N–H and O–H groups in total. The average Bonchev–Trinajstić information content (AvgIpc) is 2.69. The van der Waals surface area contributed by atoms with Crippen LogP contribution in [-0.2, 0) is 10.8 Å². The van der Waals surface area contributed by atoms with E-state index >= 15 is 0 Å². The highest BCUT2D eigenvalue weighted by Crippen LogP contribution is 2.47. The summed E-state index contributed by atoms with van der Waals surface area (Å²) in [5.41, 5.74) is 7.63. The van der Waals surface area contributed by atoms with Crippen LogP contribution in [0.5, 0.6) is 0 Å². The van der Waals surface area contributed by atoms with E-state index in [1.807, 2.05) is 30.3 Å². The minimum Gasteiger partial charge on any atom is -0.753 e. The van der Waals surface area contributed by atoms with Crippen molar-refractivity contribution in [2.45, 2.75) is 52.4 Å². The summed E-state index contributed by atoms with van der Waals surface area (Å²) in [6.45, 7) is 13.2. The molecule has 0 aliphatic carbocycles. The smallest absolute Gasteiger partial charge is 0.141 e. The van der Waals surface area contributed by atoms with E-state index in [-0.39, 0.29) is 10.8 Å². The summed E-state index contributed by atoms with van der Waals surface area (Å²) in [5.74, 6) is 0. The van der Waals surface area contributed by atoms with Gasteiger partial charge in [-0.3, -0.25) is 0 Å². The van der Waals surface area contributed by atoms with Crippen LogP contribution in [0.15, 0.2) is 66.7 Å². The Morgan fingerprint density at radius 1 is 0.667 bits per heavy atom. The van der Waals surface area contributed by atoms with Gasteiger partial charge in [-0.1, -0.05) is 53.7 Å². The first-order valence-electron chi connectivity index (χ1n) is 10.5. The molecule has 1 aliphatic rings. The standard InChI is InChI=1S/C28H29NO/c1-27(2,3)20-12-14-25-23(17-20)22(16-19-10-8-7-9-11-19)24-18-21(28(4,5)6)13-15-26(24)29(25)30/h7-15,17-18H,1-6H3. The third-order valence-corrected chi connectivity index (χ3v) is 5.74. The Morgan fingerprint density at radius 2 is 1.13 bits per heavy atom. The van der Waals surface area contributed by atoms with Gasteiger partial charge >= 0.3 is 0 Å². The van der Waals surface area contributed by atoms with E-state index in [0.717, 1.165) is 27.3 Å². The number of hydrogen-bond acceptors (Lipinski definition) is 2. The molecule has 0 spiro atoms. The summed E-state index contributed by atoms with van der Waals surface area (Å²) in [6, 6.07) is 22.5. The van der Waals surface area contributed by atoms with E-state index in [0.29, 0.717) is 11.4 Å². The van der Waals surface area contributed by atoms with Crippen molar-refractivity contribution in [2.75, 3.05) is 5.06 Å². The highest BCUT2D eigenvalue weighted by Gasteiger charge is 2.31. The lowest BCUT2D eigenvalue weighted by molar-refractivity contribution is 0.590. The maximum absolute atomic E-state index is 13.3. The predicted molar refractivity (Wildman–Crippen MR) is 127 cm³/mol. The van der Waals surface area contributed by atoms with Crippen LogP contribution in [0.1, 0.15) is 69.4 Å². The molecule has 0 atom stereocenters. The Balaban J connectivity index is 2.01. The molecule has 2 heteroatoms. The molecule has 0 unspecified atom stereocenters. The van der Waals surface area contributed by atoms with Gasteiger partial charge in [-0.05, 0) is 64.4 Å². The first kappa shape index (κ1) is 20.3. The van der Waals surface area contributed by atoms with E-state index in [2.05, 4.69) is 84.0 Å². The lowest BCUT2D eigenvalue weighted by atomic mass is 9.80. The van der Waals surface area contributed by atoms with Gasteiger partial charge in [0.2, 0.25) is 0 Å². The molecule has 0 amide bonds. The number of fused-ring (bicyclic) bond motifs is 2. The fourth-order valence-corrected chi connectivity index (χ4v) is 3.84. The molecule has 30 heavy (non-hydrogen) atoms. The topological polar surface area (TPSA) is 26.3 Å².